The highest BCUT2D eigenvalue weighted by molar-refractivity contribution is 6.46. The average Bonchev–Trinajstić information content (AvgIpc) is 3.22. The summed E-state index contributed by atoms with van der Waals surface area (Å²) in [5.74, 6) is 0.190. The number of hydrogen-bond donors (Lipinski definition) is 1. The van der Waals surface area contributed by atoms with Crippen molar-refractivity contribution in [1.82, 2.24) is 9.80 Å². The van der Waals surface area contributed by atoms with E-state index in [2.05, 4.69) is 11.8 Å². The molecule has 9 heteroatoms. The van der Waals surface area contributed by atoms with Crippen LogP contribution in [0.1, 0.15) is 43.9 Å². The lowest BCUT2D eigenvalue weighted by Crippen LogP contribution is -2.42. The zero-order valence-electron chi connectivity index (χ0n) is 23.0. The van der Waals surface area contributed by atoms with Gasteiger partial charge in [0.05, 0.1) is 45.2 Å². The number of amides is 1. The minimum absolute atomic E-state index is 0.0502. The number of methoxy groups -OCH3 is 1. The molecule has 2 saturated heterocycles. The number of Topliss-reactive ketones (excluding diaryl/α,β-unsaturated/α-hetero) is 1. The summed E-state index contributed by atoms with van der Waals surface area (Å²) < 4.78 is 22.5. The first kappa shape index (κ1) is 28.4. The van der Waals surface area contributed by atoms with Crippen LogP contribution in [0.15, 0.2) is 48.0 Å². The number of carbonyl (C=O) groups excluding carboxylic acids is 2. The van der Waals surface area contributed by atoms with Crippen molar-refractivity contribution in [2.24, 2.45) is 0 Å². The van der Waals surface area contributed by atoms with Crippen LogP contribution in [0.5, 0.6) is 17.2 Å². The topological polar surface area (TPSA) is 97.8 Å². The van der Waals surface area contributed by atoms with Gasteiger partial charge in [0.1, 0.15) is 11.5 Å². The smallest absolute Gasteiger partial charge is 0.295 e. The van der Waals surface area contributed by atoms with Gasteiger partial charge in [0, 0.05) is 31.7 Å². The van der Waals surface area contributed by atoms with Gasteiger partial charge >= 0.3 is 0 Å². The number of nitrogens with zero attached hydrogens (tertiary/aromatic N) is 2. The van der Waals surface area contributed by atoms with Crippen molar-refractivity contribution in [2.45, 2.75) is 32.7 Å². The molecule has 0 aliphatic carbocycles. The highest BCUT2D eigenvalue weighted by Crippen LogP contribution is 2.42. The Bertz CT molecular complexity index is 1170. The molecule has 2 aromatic rings. The van der Waals surface area contributed by atoms with Crippen molar-refractivity contribution in [2.75, 3.05) is 59.7 Å². The number of unbranched alkanes of at least 4 members (excludes halogenated alkanes) is 1. The van der Waals surface area contributed by atoms with Crippen LogP contribution >= 0.6 is 0 Å². The Morgan fingerprint density at radius 1 is 1.00 bits per heavy atom. The normalized spacial score (nSPS) is 19.4. The van der Waals surface area contributed by atoms with Gasteiger partial charge in [-0.1, -0.05) is 19.4 Å². The second-order valence-electron chi connectivity index (χ2n) is 9.52. The van der Waals surface area contributed by atoms with Crippen molar-refractivity contribution in [1.29, 1.82) is 0 Å². The van der Waals surface area contributed by atoms with Crippen molar-refractivity contribution >= 4 is 17.4 Å². The number of rotatable bonds is 12. The zero-order valence-corrected chi connectivity index (χ0v) is 23.0. The molecule has 2 fully saturated rings. The average molecular weight is 539 g/mol. The largest absolute Gasteiger partial charge is 0.507 e. The minimum Gasteiger partial charge on any atom is -0.507 e. The lowest BCUT2D eigenvalue weighted by Gasteiger charge is -2.31. The van der Waals surface area contributed by atoms with E-state index in [1.807, 2.05) is 25.1 Å². The van der Waals surface area contributed by atoms with E-state index in [9.17, 15) is 14.7 Å². The standard InChI is InChI=1S/C30H38N2O7/c1-4-6-17-39-24-12-9-22(20-25(24)38-5-2)27-26(28(33)21-7-10-23(36-3)11-8-21)29(34)30(35)32(27)14-13-31-15-18-37-19-16-31/h7-12,20,27,33H,4-6,13-19H2,1-3H3. The summed E-state index contributed by atoms with van der Waals surface area (Å²) in [6, 6.07) is 11.4. The SMILES string of the molecule is CCCCOc1ccc(C2C(=C(O)c3ccc(OC)cc3)C(=O)C(=O)N2CCN2CCOCC2)cc1OCC. The fourth-order valence-corrected chi connectivity index (χ4v) is 4.84. The zero-order chi connectivity index (χ0) is 27.8. The number of aliphatic hydroxyl groups is 1. The number of ketones is 1. The van der Waals surface area contributed by atoms with Crippen molar-refractivity contribution in [3.63, 3.8) is 0 Å². The maximum atomic E-state index is 13.4. The van der Waals surface area contributed by atoms with Crippen molar-refractivity contribution < 1.29 is 33.6 Å². The van der Waals surface area contributed by atoms with E-state index in [-0.39, 0.29) is 11.3 Å². The molecule has 0 aromatic heterocycles. The molecule has 1 atom stereocenters. The van der Waals surface area contributed by atoms with E-state index in [0.717, 1.165) is 25.9 Å². The molecule has 2 aromatic carbocycles. The molecule has 210 valence electrons. The van der Waals surface area contributed by atoms with E-state index in [1.165, 1.54) is 0 Å². The quantitative estimate of drug-likeness (QED) is 0.187. The first-order valence-corrected chi connectivity index (χ1v) is 13.6. The number of morpholine rings is 1. The third kappa shape index (κ3) is 6.54. The van der Waals surface area contributed by atoms with Gasteiger partial charge in [-0.2, -0.15) is 0 Å². The molecule has 0 spiro atoms. The maximum absolute atomic E-state index is 13.4. The van der Waals surface area contributed by atoms with Gasteiger partial charge in [0.15, 0.2) is 11.5 Å². The van der Waals surface area contributed by atoms with Gasteiger partial charge in [0.25, 0.3) is 11.7 Å². The molecule has 39 heavy (non-hydrogen) atoms. The molecule has 1 amide bonds. The molecule has 0 bridgehead atoms. The highest BCUT2D eigenvalue weighted by Gasteiger charge is 2.46. The first-order valence-electron chi connectivity index (χ1n) is 13.6. The first-order chi connectivity index (χ1) is 19.0. The van der Waals surface area contributed by atoms with Crippen molar-refractivity contribution in [3.8, 4) is 17.2 Å². The number of likely N-dealkylation sites (tertiary alicyclic amines) is 1. The Hall–Kier alpha value is -3.56. The van der Waals surface area contributed by atoms with Crippen LogP contribution in [0.4, 0.5) is 0 Å². The molecule has 2 aliphatic rings. The Morgan fingerprint density at radius 2 is 1.74 bits per heavy atom. The molecule has 2 heterocycles. The third-order valence-corrected chi connectivity index (χ3v) is 7.00. The molecule has 1 N–H and O–H groups in total. The Morgan fingerprint density at radius 3 is 2.41 bits per heavy atom. The van der Waals surface area contributed by atoms with Crippen molar-refractivity contribution in [3.05, 3.63) is 59.2 Å². The van der Waals surface area contributed by atoms with E-state index in [1.54, 1.807) is 36.3 Å². The number of benzene rings is 2. The van der Waals surface area contributed by atoms with E-state index in [4.69, 9.17) is 18.9 Å². The fourth-order valence-electron chi connectivity index (χ4n) is 4.84. The molecule has 1 unspecified atom stereocenters. The van der Waals surface area contributed by atoms with E-state index in [0.29, 0.717) is 67.9 Å². The van der Waals surface area contributed by atoms with Gasteiger partial charge in [-0.25, -0.2) is 0 Å². The number of hydrogen-bond acceptors (Lipinski definition) is 8. The second-order valence-corrected chi connectivity index (χ2v) is 9.52. The lowest BCUT2D eigenvalue weighted by molar-refractivity contribution is -0.140. The summed E-state index contributed by atoms with van der Waals surface area (Å²) >= 11 is 0. The summed E-state index contributed by atoms with van der Waals surface area (Å²) in [7, 11) is 1.56. The van der Waals surface area contributed by atoms with Crippen LogP contribution in [0.25, 0.3) is 5.76 Å². The lowest BCUT2D eigenvalue weighted by atomic mass is 9.95. The van der Waals surface area contributed by atoms with Gasteiger partial charge in [-0.05, 0) is 55.3 Å². The molecule has 0 radical (unpaired) electrons. The fraction of sp³-hybridized carbons (Fsp3) is 0.467. The number of aliphatic hydroxyl groups excluding tert-OH is 1. The van der Waals surface area contributed by atoms with Gasteiger partial charge in [-0.3, -0.25) is 14.5 Å². The molecule has 2 aliphatic heterocycles. The Balaban J connectivity index is 1.75. The van der Waals surface area contributed by atoms with Crippen LogP contribution in [-0.2, 0) is 14.3 Å². The van der Waals surface area contributed by atoms with Gasteiger partial charge < -0.3 is 29.0 Å². The number of carbonyl (C=O) groups is 2. The van der Waals surface area contributed by atoms with Crippen LogP contribution in [-0.4, -0.2) is 86.3 Å². The van der Waals surface area contributed by atoms with Crippen LogP contribution in [0.3, 0.4) is 0 Å². The molecular weight excluding hydrogens is 500 g/mol. The summed E-state index contributed by atoms with van der Waals surface area (Å²) in [6.45, 7) is 8.69. The third-order valence-electron chi connectivity index (χ3n) is 7.00. The Kier molecular flexibility index (Phi) is 9.84. The minimum atomic E-state index is -0.781. The van der Waals surface area contributed by atoms with Crippen LogP contribution < -0.4 is 14.2 Å². The predicted octanol–water partition coefficient (Wildman–Crippen LogP) is 4.03. The molecular formula is C30H38N2O7. The Labute approximate surface area is 229 Å². The summed E-state index contributed by atoms with van der Waals surface area (Å²) in [6.07, 6.45) is 1.92. The van der Waals surface area contributed by atoms with Crippen LogP contribution in [0, 0.1) is 0 Å². The monoisotopic (exact) mass is 538 g/mol. The van der Waals surface area contributed by atoms with Gasteiger partial charge in [-0.15, -0.1) is 0 Å². The highest BCUT2D eigenvalue weighted by atomic mass is 16.5. The predicted molar refractivity (Wildman–Crippen MR) is 147 cm³/mol. The van der Waals surface area contributed by atoms with E-state index >= 15 is 0 Å². The molecule has 4 rings (SSSR count). The number of ether oxygens (including phenoxy) is 4. The van der Waals surface area contributed by atoms with E-state index < -0.39 is 17.7 Å². The molecule has 9 nitrogen and oxygen atoms in total. The summed E-state index contributed by atoms with van der Waals surface area (Å²) in [5.41, 5.74) is 1.14. The second kappa shape index (κ2) is 13.5. The summed E-state index contributed by atoms with van der Waals surface area (Å²) in [4.78, 5) is 30.5. The van der Waals surface area contributed by atoms with Gasteiger partial charge in [0.2, 0.25) is 0 Å². The maximum Gasteiger partial charge on any atom is 0.295 e. The molecule has 0 saturated carbocycles. The summed E-state index contributed by atoms with van der Waals surface area (Å²) in [5, 5.41) is 11.4. The van der Waals surface area contributed by atoms with Crippen LogP contribution in [0.2, 0.25) is 0 Å².